The molecule has 1 N–H and O–H groups in total. The SMILES string of the molecule is CCOc1ccccc1OCCNCCCOc1ccc(OC)cc1.Cl. The fourth-order valence-corrected chi connectivity index (χ4v) is 2.26. The van der Waals surface area contributed by atoms with Gasteiger partial charge in [0.1, 0.15) is 18.1 Å². The number of benzene rings is 2. The highest BCUT2D eigenvalue weighted by Gasteiger charge is 2.02. The molecule has 0 spiro atoms. The third kappa shape index (κ3) is 7.85. The van der Waals surface area contributed by atoms with E-state index in [1.165, 1.54) is 0 Å². The van der Waals surface area contributed by atoms with Gasteiger partial charge >= 0.3 is 0 Å². The molecule has 26 heavy (non-hydrogen) atoms. The number of methoxy groups -OCH3 is 1. The molecular weight excluding hydrogens is 354 g/mol. The Bertz CT molecular complexity index is 607. The summed E-state index contributed by atoms with van der Waals surface area (Å²) in [5.74, 6) is 3.27. The van der Waals surface area contributed by atoms with E-state index in [1.54, 1.807) is 7.11 Å². The summed E-state index contributed by atoms with van der Waals surface area (Å²) in [5, 5.41) is 3.35. The van der Waals surface area contributed by atoms with E-state index in [4.69, 9.17) is 18.9 Å². The smallest absolute Gasteiger partial charge is 0.161 e. The van der Waals surface area contributed by atoms with Crippen LogP contribution in [0.4, 0.5) is 0 Å². The first-order valence-electron chi connectivity index (χ1n) is 8.65. The average Bonchev–Trinajstić information content (AvgIpc) is 2.66. The molecule has 2 aromatic rings. The third-order valence-electron chi connectivity index (χ3n) is 3.51. The maximum atomic E-state index is 5.76. The minimum atomic E-state index is 0. The second-order valence-corrected chi connectivity index (χ2v) is 5.36. The fraction of sp³-hybridized carbons (Fsp3) is 0.400. The molecule has 0 aromatic heterocycles. The van der Waals surface area contributed by atoms with Crippen LogP contribution in [0.5, 0.6) is 23.0 Å². The lowest BCUT2D eigenvalue weighted by molar-refractivity contribution is 0.272. The molecule has 5 nitrogen and oxygen atoms in total. The number of rotatable bonds is 12. The highest BCUT2D eigenvalue weighted by molar-refractivity contribution is 5.85. The predicted molar refractivity (Wildman–Crippen MR) is 106 cm³/mol. The maximum Gasteiger partial charge on any atom is 0.161 e. The van der Waals surface area contributed by atoms with Gasteiger partial charge in [-0.3, -0.25) is 0 Å². The molecule has 6 heteroatoms. The van der Waals surface area contributed by atoms with Crippen molar-refractivity contribution in [3.05, 3.63) is 48.5 Å². The largest absolute Gasteiger partial charge is 0.497 e. The van der Waals surface area contributed by atoms with Crippen molar-refractivity contribution in [1.29, 1.82) is 0 Å². The zero-order chi connectivity index (χ0) is 17.7. The van der Waals surface area contributed by atoms with E-state index in [9.17, 15) is 0 Å². The Morgan fingerprint density at radius 1 is 0.769 bits per heavy atom. The molecular formula is C20H28ClNO4. The molecule has 0 saturated carbocycles. The molecule has 0 radical (unpaired) electrons. The van der Waals surface area contributed by atoms with Gasteiger partial charge in [0.05, 0.1) is 20.3 Å². The van der Waals surface area contributed by atoms with Gasteiger partial charge in [0.2, 0.25) is 0 Å². The van der Waals surface area contributed by atoms with Gasteiger partial charge in [-0.15, -0.1) is 12.4 Å². The molecule has 2 aromatic carbocycles. The molecule has 0 fully saturated rings. The van der Waals surface area contributed by atoms with Crippen molar-refractivity contribution in [3.63, 3.8) is 0 Å². The molecule has 0 heterocycles. The van der Waals surface area contributed by atoms with Crippen LogP contribution in [0.25, 0.3) is 0 Å². The molecule has 0 aliphatic carbocycles. The summed E-state index contributed by atoms with van der Waals surface area (Å²) in [7, 11) is 1.65. The van der Waals surface area contributed by atoms with Gasteiger partial charge in [-0.05, 0) is 56.3 Å². The molecule has 2 rings (SSSR count). The Labute approximate surface area is 162 Å². The number of halogens is 1. The summed E-state index contributed by atoms with van der Waals surface area (Å²) in [5.41, 5.74) is 0. The second-order valence-electron chi connectivity index (χ2n) is 5.36. The first kappa shape index (κ1) is 21.9. The van der Waals surface area contributed by atoms with E-state index in [2.05, 4.69) is 5.32 Å². The van der Waals surface area contributed by atoms with E-state index in [-0.39, 0.29) is 12.4 Å². The van der Waals surface area contributed by atoms with Crippen LogP contribution in [0, 0.1) is 0 Å². The number of hydrogen-bond acceptors (Lipinski definition) is 5. The van der Waals surface area contributed by atoms with Crippen molar-refractivity contribution < 1.29 is 18.9 Å². The summed E-state index contributed by atoms with van der Waals surface area (Å²) < 4.78 is 22.1. The van der Waals surface area contributed by atoms with Gasteiger partial charge in [0, 0.05) is 6.54 Å². The lowest BCUT2D eigenvalue weighted by Crippen LogP contribution is -2.23. The maximum absolute atomic E-state index is 5.76. The molecule has 0 amide bonds. The first-order valence-corrected chi connectivity index (χ1v) is 8.65. The van der Waals surface area contributed by atoms with Gasteiger partial charge in [-0.25, -0.2) is 0 Å². The Balaban J connectivity index is 0.00000338. The number of para-hydroxylation sites is 2. The Kier molecular flexibility index (Phi) is 11.1. The average molecular weight is 382 g/mol. The van der Waals surface area contributed by atoms with Crippen LogP contribution in [0.2, 0.25) is 0 Å². The minimum Gasteiger partial charge on any atom is -0.497 e. The minimum absolute atomic E-state index is 0. The van der Waals surface area contributed by atoms with E-state index >= 15 is 0 Å². The summed E-state index contributed by atoms with van der Waals surface area (Å²) in [6.45, 7) is 5.53. The topological polar surface area (TPSA) is 49.0 Å². The van der Waals surface area contributed by atoms with Gasteiger partial charge in [0.25, 0.3) is 0 Å². The molecule has 0 unspecified atom stereocenters. The monoisotopic (exact) mass is 381 g/mol. The quantitative estimate of drug-likeness (QED) is 0.564. The van der Waals surface area contributed by atoms with Crippen molar-refractivity contribution in [3.8, 4) is 23.0 Å². The standard InChI is InChI=1S/C20H27NO4.ClH/c1-3-23-19-7-4-5-8-20(19)25-16-14-21-13-6-15-24-18-11-9-17(22-2)10-12-18;/h4-5,7-12,21H,3,6,13-16H2,1-2H3;1H. The van der Waals surface area contributed by atoms with Gasteiger partial charge in [-0.2, -0.15) is 0 Å². The Morgan fingerprint density at radius 2 is 1.42 bits per heavy atom. The van der Waals surface area contributed by atoms with Crippen LogP contribution >= 0.6 is 12.4 Å². The summed E-state index contributed by atoms with van der Waals surface area (Å²) in [4.78, 5) is 0. The fourth-order valence-electron chi connectivity index (χ4n) is 2.26. The van der Waals surface area contributed by atoms with E-state index in [0.29, 0.717) is 19.8 Å². The van der Waals surface area contributed by atoms with Crippen LogP contribution in [-0.2, 0) is 0 Å². The lowest BCUT2D eigenvalue weighted by atomic mass is 10.3. The van der Waals surface area contributed by atoms with Crippen molar-refractivity contribution in [2.24, 2.45) is 0 Å². The highest BCUT2D eigenvalue weighted by Crippen LogP contribution is 2.26. The predicted octanol–water partition coefficient (Wildman–Crippen LogP) is 3.95. The third-order valence-corrected chi connectivity index (χ3v) is 3.51. The van der Waals surface area contributed by atoms with Crippen molar-refractivity contribution >= 4 is 12.4 Å². The number of ether oxygens (including phenoxy) is 4. The molecule has 144 valence electrons. The molecule has 0 aliphatic rings. The van der Waals surface area contributed by atoms with E-state index in [1.807, 2.05) is 55.5 Å². The van der Waals surface area contributed by atoms with Crippen LogP contribution < -0.4 is 24.3 Å². The Morgan fingerprint density at radius 3 is 2.08 bits per heavy atom. The number of nitrogens with one attached hydrogen (secondary N) is 1. The molecule has 0 atom stereocenters. The summed E-state index contributed by atoms with van der Waals surface area (Å²) in [6, 6.07) is 15.3. The molecule has 0 bridgehead atoms. The van der Waals surface area contributed by atoms with Gasteiger partial charge < -0.3 is 24.3 Å². The summed E-state index contributed by atoms with van der Waals surface area (Å²) >= 11 is 0. The van der Waals surface area contributed by atoms with Gasteiger partial charge in [0.15, 0.2) is 11.5 Å². The van der Waals surface area contributed by atoms with E-state index < -0.39 is 0 Å². The van der Waals surface area contributed by atoms with Crippen LogP contribution in [0.15, 0.2) is 48.5 Å². The summed E-state index contributed by atoms with van der Waals surface area (Å²) in [6.07, 6.45) is 0.932. The number of hydrogen-bond donors (Lipinski definition) is 1. The van der Waals surface area contributed by atoms with Crippen LogP contribution in [-0.4, -0.2) is 40.0 Å². The van der Waals surface area contributed by atoms with Crippen LogP contribution in [0.3, 0.4) is 0 Å². The highest BCUT2D eigenvalue weighted by atomic mass is 35.5. The van der Waals surface area contributed by atoms with Crippen molar-refractivity contribution in [1.82, 2.24) is 5.32 Å². The second kappa shape index (κ2) is 13.1. The van der Waals surface area contributed by atoms with Crippen LogP contribution in [0.1, 0.15) is 13.3 Å². The first-order chi connectivity index (χ1) is 12.3. The van der Waals surface area contributed by atoms with Crippen molar-refractivity contribution in [2.75, 3.05) is 40.0 Å². The zero-order valence-electron chi connectivity index (χ0n) is 15.4. The molecule has 0 aliphatic heterocycles. The zero-order valence-corrected chi connectivity index (χ0v) is 16.2. The lowest BCUT2D eigenvalue weighted by Gasteiger charge is -2.12. The Hall–Kier alpha value is -2.11. The van der Waals surface area contributed by atoms with Crippen molar-refractivity contribution in [2.45, 2.75) is 13.3 Å². The van der Waals surface area contributed by atoms with Gasteiger partial charge in [-0.1, -0.05) is 12.1 Å². The normalized spacial score (nSPS) is 9.92. The van der Waals surface area contributed by atoms with E-state index in [0.717, 1.165) is 42.5 Å². The molecule has 0 saturated heterocycles.